The number of amides is 2. The molecule has 4 heterocycles. The minimum absolute atomic E-state index is 0.0161. The van der Waals surface area contributed by atoms with E-state index in [1.54, 1.807) is 19.2 Å². The van der Waals surface area contributed by atoms with Gasteiger partial charge in [0.05, 0.1) is 19.6 Å². The van der Waals surface area contributed by atoms with Crippen LogP contribution < -0.4 is 15.0 Å². The van der Waals surface area contributed by atoms with Crippen molar-refractivity contribution in [2.24, 2.45) is 11.8 Å². The Balaban J connectivity index is 1.11. The van der Waals surface area contributed by atoms with Gasteiger partial charge in [-0.2, -0.15) is 0 Å². The van der Waals surface area contributed by atoms with Crippen LogP contribution in [0.25, 0.3) is 0 Å². The average Bonchev–Trinajstić information content (AvgIpc) is 3.56. The molecule has 4 fully saturated rings. The first-order valence-corrected chi connectivity index (χ1v) is 17.1. The third-order valence-electron chi connectivity index (χ3n) is 10.8. The Hall–Kier alpha value is -3.21. The lowest BCUT2D eigenvalue weighted by molar-refractivity contribution is -0.136. The van der Waals surface area contributed by atoms with E-state index in [2.05, 4.69) is 32.1 Å². The molecular weight excluding hydrogens is 587 g/mol. The fourth-order valence-electron chi connectivity index (χ4n) is 8.11. The van der Waals surface area contributed by atoms with Crippen molar-refractivity contribution in [3.8, 4) is 5.75 Å². The van der Waals surface area contributed by atoms with Crippen LogP contribution in [0.3, 0.4) is 0 Å². The number of rotatable bonds is 9. The Morgan fingerprint density at radius 3 is 2.35 bits per heavy atom. The minimum atomic E-state index is -0.255. The summed E-state index contributed by atoms with van der Waals surface area (Å²) in [7, 11) is 1.67. The molecular formula is C36H49FN4O5. The van der Waals surface area contributed by atoms with Gasteiger partial charge in [0.1, 0.15) is 11.6 Å². The number of hydrogen-bond acceptors (Lipinski definition) is 7. The fraction of sp³-hybridized carbons (Fsp3) is 0.611. The Labute approximate surface area is 272 Å². The number of anilines is 1. The summed E-state index contributed by atoms with van der Waals surface area (Å²) >= 11 is 0. The van der Waals surface area contributed by atoms with Crippen molar-refractivity contribution in [2.75, 3.05) is 77.6 Å². The number of likely N-dealkylation sites (tertiary alicyclic amines) is 2. The molecule has 0 aliphatic carbocycles. The molecule has 2 amide bonds. The third kappa shape index (κ3) is 7.34. The fourth-order valence-corrected chi connectivity index (χ4v) is 8.11. The van der Waals surface area contributed by atoms with Gasteiger partial charge in [0, 0.05) is 82.6 Å². The number of nitrogens with zero attached hydrogens (tertiary/aromatic N) is 3. The van der Waals surface area contributed by atoms with Crippen LogP contribution in [0.1, 0.15) is 61.5 Å². The highest BCUT2D eigenvalue weighted by Crippen LogP contribution is 2.40. The topological polar surface area (TPSA) is 94.6 Å². The molecule has 250 valence electrons. The Kier molecular flexibility index (Phi) is 10.8. The Bertz CT molecular complexity index is 1320. The third-order valence-corrected chi connectivity index (χ3v) is 10.8. The van der Waals surface area contributed by atoms with Gasteiger partial charge in [-0.15, -0.1) is 0 Å². The number of nitrogens with one attached hydrogen (secondary N) is 1. The summed E-state index contributed by atoms with van der Waals surface area (Å²) in [6.45, 7) is 6.16. The van der Waals surface area contributed by atoms with E-state index in [9.17, 15) is 14.0 Å². The second-order valence-electron chi connectivity index (χ2n) is 13.4. The lowest BCUT2D eigenvalue weighted by Crippen LogP contribution is -2.44. The van der Waals surface area contributed by atoms with Crippen LogP contribution in [0.4, 0.5) is 10.1 Å². The molecule has 6 rings (SSSR count). The lowest BCUT2D eigenvalue weighted by atomic mass is 9.85. The van der Waals surface area contributed by atoms with E-state index in [0.29, 0.717) is 45.1 Å². The van der Waals surface area contributed by atoms with Gasteiger partial charge in [0.15, 0.2) is 0 Å². The number of piperidine rings is 2. The van der Waals surface area contributed by atoms with Crippen LogP contribution in [0.2, 0.25) is 0 Å². The number of methoxy groups -OCH3 is 1. The number of aliphatic hydroxyl groups excluding tert-OH is 1. The van der Waals surface area contributed by atoms with Crippen molar-refractivity contribution in [2.45, 2.75) is 56.4 Å². The summed E-state index contributed by atoms with van der Waals surface area (Å²) in [5.41, 5.74) is 3.25. The smallest absolute Gasteiger partial charge is 0.227 e. The number of hydrogen-bond donors (Lipinski definition) is 2. The van der Waals surface area contributed by atoms with Gasteiger partial charge < -0.3 is 29.7 Å². The van der Waals surface area contributed by atoms with Gasteiger partial charge >= 0.3 is 0 Å². The summed E-state index contributed by atoms with van der Waals surface area (Å²) in [5, 5.41) is 11.8. The van der Waals surface area contributed by atoms with Crippen LogP contribution in [0, 0.1) is 17.7 Å². The van der Waals surface area contributed by atoms with Crippen LogP contribution in [-0.4, -0.2) is 106 Å². The van der Waals surface area contributed by atoms with Crippen molar-refractivity contribution < 1.29 is 28.6 Å². The van der Waals surface area contributed by atoms with E-state index < -0.39 is 0 Å². The number of carbonyl (C=O) groups is 2. The van der Waals surface area contributed by atoms with E-state index in [4.69, 9.17) is 14.6 Å². The van der Waals surface area contributed by atoms with Crippen LogP contribution in [0.5, 0.6) is 5.75 Å². The summed E-state index contributed by atoms with van der Waals surface area (Å²) in [6.07, 6.45) is 5.10. The molecule has 9 nitrogen and oxygen atoms in total. The van der Waals surface area contributed by atoms with E-state index in [1.807, 2.05) is 18.2 Å². The zero-order chi connectivity index (χ0) is 32.0. The Morgan fingerprint density at radius 1 is 0.957 bits per heavy atom. The highest BCUT2D eigenvalue weighted by molar-refractivity contribution is 5.81. The van der Waals surface area contributed by atoms with Gasteiger partial charge in [-0.25, -0.2) is 4.39 Å². The van der Waals surface area contributed by atoms with Gasteiger partial charge in [0.2, 0.25) is 11.8 Å². The highest BCUT2D eigenvalue weighted by Gasteiger charge is 2.43. The molecule has 0 bridgehead atoms. The quantitative estimate of drug-likeness (QED) is 0.433. The highest BCUT2D eigenvalue weighted by atomic mass is 19.1. The molecule has 4 saturated heterocycles. The van der Waals surface area contributed by atoms with Crippen molar-refractivity contribution in [3.05, 3.63) is 59.4 Å². The first-order valence-electron chi connectivity index (χ1n) is 17.1. The van der Waals surface area contributed by atoms with E-state index in [0.717, 1.165) is 69.0 Å². The second-order valence-corrected chi connectivity index (χ2v) is 13.4. The standard InChI is InChI=1S/C36H49FN4O5/c1-45-30-5-2-25(3-6-30)32-23-41(29-12-20-46-21-13-29)24-33(32)36(44)40-17-8-26(9-18-40)31-7-4-28(37)22-34(31)39-15-10-27(11-16-39)35(43)38-14-19-42/h2-7,22,26-27,29,32-33,42H,8-21,23-24H2,1H3,(H,38,43)/t32-,33+/m0/s1. The number of halogens is 1. The Morgan fingerprint density at radius 2 is 1.67 bits per heavy atom. The molecule has 2 aromatic carbocycles. The summed E-state index contributed by atoms with van der Waals surface area (Å²) in [6, 6.07) is 13.8. The maximum atomic E-state index is 14.6. The molecule has 0 saturated carbocycles. The molecule has 0 radical (unpaired) electrons. The van der Waals surface area contributed by atoms with Crippen LogP contribution >= 0.6 is 0 Å². The minimum Gasteiger partial charge on any atom is -0.497 e. The van der Waals surface area contributed by atoms with Crippen molar-refractivity contribution >= 4 is 17.5 Å². The van der Waals surface area contributed by atoms with E-state index >= 15 is 0 Å². The number of aliphatic hydroxyl groups is 1. The zero-order valence-corrected chi connectivity index (χ0v) is 27.0. The molecule has 2 aromatic rings. The summed E-state index contributed by atoms with van der Waals surface area (Å²) < 4.78 is 25.6. The van der Waals surface area contributed by atoms with Gasteiger partial charge in [-0.05, 0) is 79.8 Å². The average molecular weight is 637 g/mol. The number of benzene rings is 2. The van der Waals surface area contributed by atoms with Crippen molar-refractivity contribution in [3.63, 3.8) is 0 Å². The molecule has 4 aliphatic heterocycles. The number of ether oxygens (including phenoxy) is 2. The molecule has 0 aromatic heterocycles. The lowest BCUT2D eigenvalue weighted by Gasteiger charge is -2.38. The molecule has 0 spiro atoms. The monoisotopic (exact) mass is 636 g/mol. The van der Waals surface area contributed by atoms with Crippen molar-refractivity contribution in [1.29, 1.82) is 0 Å². The summed E-state index contributed by atoms with van der Waals surface area (Å²) in [5.74, 6) is 0.988. The summed E-state index contributed by atoms with van der Waals surface area (Å²) in [4.78, 5) is 33.5. The predicted molar refractivity (Wildman–Crippen MR) is 175 cm³/mol. The molecule has 46 heavy (non-hydrogen) atoms. The normalized spacial score (nSPS) is 23.9. The van der Waals surface area contributed by atoms with Gasteiger partial charge in [-0.1, -0.05) is 18.2 Å². The number of carbonyl (C=O) groups excluding carboxylic acids is 2. The SMILES string of the molecule is COc1ccc([C@@H]2CN(C3CCOCC3)C[C@H]2C(=O)N2CCC(c3ccc(F)cc3N3CCC(C(=O)NCCO)CC3)CC2)cc1. The molecule has 2 N–H and O–H groups in total. The van der Waals surface area contributed by atoms with Crippen molar-refractivity contribution in [1.82, 2.24) is 15.1 Å². The van der Waals surface area contributed by atoms with Gasteiger partial charge in [0.25, 0.3) is 0 Å². The zero-order valence-electron chi connectivity index (χ0n) is 27.0. The van der Waals surface area contributed by atoms with Crippen LogP contribution in [0.15, 0.2) is 42.5 Å². The predicted octanol–water partition coefficient (Wildman–Crippen LogP) is 3.76. The van der Waals surface area contributed by atoms with Gasteiger partial charge in [-0.3, -0.25) is 14.5 Å². The van der Waals surface area contributed by atoms with E-state index in [-0.39, 0.29) is 54.5 Å². The largest absolute Gasteiger partial charge is 0.497 e. The van der Waals surface area contributed by atoms with Crippen LogP contribution in [-0.2, 0) is 14.3 Å². The first-order chi connectivity index (χ1) is 22.4. The molecule has 0 unspecified atom stereocenters. The molecule has 2 atom stereocenters. The maximum absolute atomic E-state index is 14.6. The maximum Gasteiger partial charge on any atom is 0.227 e. The van der Waals surface area contributed by atoms with E-state index in [1.165, 1.54) is 5.56 Å². The first kappa shape index (κ1) is 32.7. The molecule has 4 aliphatic rings. The second kappa shape index (κ2) is 15.1. The molecule has 10 heteroatoms.